The third kappa shape index (κ3) is 6.05. The van der Waals surface area contributed by atoms with Gasteiger partial charge in [0, 0.05) is 12.6 Å². The van der Waals surface area contributed by atoms with E-state index in [1.807, 2.05) is 12.1 Å². The Labute approximate surface area is 254 Å². The van der Waals surface area contributed by atoms with Crippen LogP contribution in [0, 0.1) is 11.7 Å². The fourth-order valence-electron chi connectivity index (χ4n) is 6.61. The topological polar surface area (TPSA) is 12.5 Å². The number of halogens is 1. The van der Waals surface area contributed by atoms with E-state index in [4.69, 9.17) is 4.43 Å². The number of nitrogens with zero attached hydrogens (tertiary/aromatic N) is 1. The first kappa shape index (κ1) is 31.6. The van der Waals surface area contributed by atoms with Crippen LogP contribution in [0.5, 0.6) is 0 Å². The first-order valence-electron chi connectivity index (χ1n) is 15.5. The quantitative estimate of drug-likeness (QED) is 0.127. The van der Waals surface area contributed by atoms with E-state index < -0.39 is 8.32 Å². The Hall–Kier alpha value is -3.37. The molecule has 0 bridgehead atoms. The van der Waals surface area contributed by atoms with Gasteiger partial charge >= 0.3 is 8.32 Å². The van der Waals surface area contributed by atoms with Crippen molar-refractivity contribution < 1.29 is 8.82 Å². The molecule has 0 aromatic heterocycles. The summed E-state index contributed by atoms with van der Waals surface area (Å²) in [6.45, 7) is 18.0. The molecule has 4 rings (SSSR count). The molecule has 0 fully saturated rings. The SMILES string of the molecule is C=CC1C(CCCCC)=C(c2ccc(F)cc2)C(O[Si](c2ccccc2)(c2ccccc2)C(C)(C)C)=C(C(C)C)N1C. The molecule has 0 aliphatic carbocycles. The smallest absolute Gasteiger partial charge is 0.320 e. The first-order chi connectivity index (χ1) is 20.1. The van der Waals surface area contributed by atoms with Crippen LogP contribution in [0.3, 0.4) is 0 Å². The molecule has 0 amide bonds. The highest BCUT2D eigenvalue weighted by molar-refractivity contribution is 6.99. The highest BCUT2D eigenvalue weighted by Crippen LogP contribution is 2.47. The van der Waals surface area contributed by atoms with Crippen molar-refractivity contribution in [3.05, 3.63) is 126 Å². The standard InChI is InChI=1S/C38H48FNOSi/c1-9-11-14-23-33-34(10-2)40(8)36(28(3)4)37(35(33)29-24-26-30(39)27-25-29)41-42(38(5,6)7,31-19-15-12-16-20-31)32-21-17-13-18-22-32/h10,12-13,15-22,24-28,34H,2,9,11,14,23H2,1,3-8H3. The van der Waals surface area contributed by atoms with Gasteiger partial charge in [0.1, 0.15) is 11.6 Å². The number of likely N-dealkylation sites (N-methyl/N-ethyl adjacent to an activating group) is 1. The Morgan fingerprint density at radius 1 is 0.905 bits per heavy atom. The van der Waals surface area contributed by atoms with Crippen molar-refractivity contribution >= 4 is 24.3 Å². The van der Waals surface area contributed by atoms with Crippen LogP contribution >= 0.6 is 0 Å². The summed E-state index contributed by atoms with van der Waals surface area (Å²) in [5.74, 6) is 0.888. The monoisotopic (exact) mass is 581 g/mol. The molecule has 0 saturated carbocycles. The Balaban J connectivity index is 2.12. The molecule has 3 aromatic rings. The van der Waals surface area contributed by atoms with E-state index >= 15 is 0 Å². The van der Waals surface area contributed by atoms with Gasteiger partial charge in [-0.25, -0.2) is 4.39 Å². The Morgan fingerprint density at radius 2 is 1.45 bits per heavy atom. The zero-order valence-corrected chi connectivity index (χ0v) is 27.6. The number of unbranched alkanes of at least 4 members (excludes halogenated alkanes) is 2. The van der Waals surface area contributed by atoms with Gasteiger partial charge in [0.25, 0.3) is 0 Å². The summed E-state index contributed by atoms with van der Waals surface area (Å²) in [7, 11) is -0.780. The number of hydrogen-bond acceptors (Lipinski definition) is 2. The van der Waals surface area contributed by atoms with Crippen molar-refractivity contribution in [1.82, 2.24) is 4.90 Å². The number of rotatable bonds is 11. The van der Waals surface area contributed by atoms with Crippen molar-refractivity contribution in [1.29, 1.82) is 0 Å². The zero-order valence-electron chi connectivity index (χ0n) is 26.6. The van der Waals surface area contributed by atoms with E-state index in [0.717, 1.165) is 48.3 Å². The van der Waals surface area contributed by atoms with Gasteiger partial charge in [-0.1, -0.05) is 133 Å². The molecule has 1 unspecified atom stereocenters. The van der Waals surface area contributed by atoms with Crippen LogP contribution in [0.1, 0.15) is 72.8 Å². The lowest BCUT2D eigenvalue weighted by atomic mass is 9.84. The summed E-state index contributed by atoms with van der Waals surface area (Å²) < 4.78 is 22.2. The predicted molar refractivity (Wildman–Crippen MR) is 180 cm³/mol. The van der Waals surface area contributed by atoms with Gasteiger partial charge in [0.15, 0.2) is 0 Å². The Morgan fingerprint density at radius 3 is 1.90 bits per heavy atom. The molecule has 1 aliphatic heterocycles. The average Bonchev–Trinajstić information content (AvgIpc) is 2.97. The van der Waals surface area contributed by atoms with E-state index in [1.54, 1.807) is 12.1 Å². The van der Waals surface area contributed by atoms with Gasteiger partial charge in [-0.3, -0.25) is 0 Å². The van der Waals surface area contributed by atoms with Crippen molar-refractivity contribution in [3.8, 4) is 0 Å². The highest BCUT2D eigenvalue weighted by atomic mass is 28.4. The van der Waals surface area contributed by atoms with Crippen LogP contribution < -0.4 is 10.4 Å². The van der Waals surface area contributed by atoms with Crippen LogP contribution in [-0.2, 0) is 4.43 Å². The van der Waals surface area contributed by atoms with Crippen LogP contribution in [0.2, 0.25) is 5.04 Å². The van der Waals surface area contributed by atoms with E-state index in [1.165, 1.54) is 15.9 Å². The zero-order chi connectivity index (χ0) is 30.5. The van der Waals surface area contributed by atoms with Crippen molar-refractivity contribution in [3.63, 3.8) is 0 Å². The lowest BCUT2D eigenvalue weighted by molar-refractivity contribution is 0.295. The van der Waals surface area contributed by atoms with E-state index in [-0.39, 0.29) is 22.8 Å². The molecule has 0 saturated heterocycles. The van der Waals surface area contributed by atoms with Gasteiger partial charge in [0.2, 0.25) is 0 Å². The molecule has 1 atom stereocenters. The van der Waals surface area contributed by atoms with Crippen LogP contribution in [0.4, 0.5) is 4.39 Å². The van der Waals surface area contributed by atoms with E-state index in [0.29, 0.717) is 0 Å². The average molecular weight is 582 g/mol. The molecular formula is C38H48FNOSi. The second kappa shape index (κ2) is 13.3. The van der Waals surface area contributed by atoms with Crippen molar-refractivity contribution in [2.24, 2.45) is 5.92 Å². The fourth-order valence-corrected chi connectivity index (χ4v) is 11.1. The molecule has 42 heavy (non-hydrogen) atoms. The van der Waals surface area contributed by atoms with Gasteiger partial charge in [-0.05, 0) is 57.4 Å². The lowest BCUT2D eigenvalue weighted by Gasteiger charge is -2.48. The predicted octanol–water partition coefficient (Wildman–Crippen LogP) is 9.10. The normalized spacial score (nSPS) is 16.3. The second-order valence-corrected chi connectivity index (χ2v) is 17.0. The third-order valence-corrected chi connectivity index (χ3v) is 13.5. The van der Waals surface area contributed by atoms with Crippen molar-refractivity contribution in [2.75, 3.05) is 7.05 Å². The fraction of sp³-hybridized carbons (Fsp3) is 0.368. The summed E-state index contributed by atoms with van der Waals surface area (Å²) >= 11 is 0. The largest absolute Gasteiger partial charge is 0.532 e. The maximum absolute atomic E-state index is 14.3. The molecular weight excluding hydrogens is 534 g/mol. The van der Waals surface area contributed by atoms with Crippen LogP contribution in [0.15, 0.2) is 115 Å². The van der Waals surface area contributed by atoms with Gasteiger partial charge < -0.3 is 9.33 Å². The van der Waals surface area contributed by atoms with Crippen LogP contribution in [-0.4, -0.2) is 26.3 Å². The summed E-state index contributed by atoms with van der Waals surface area (Å²) in [5.41, 5.74) is 4.55. The highest BCUT2D eigenvalue weighted by Gasteiger charge is 2.53. The summed E-state index contributed by atoms with van der Waals surface area (Å²) in [6, 6.07) is 28.6. The van der Waals surface area contributed by atoms with Gasteiger partial charge in [-0.2, -0.15) is 0 Å². The minimum Gasteiger partial charge on any atom is -0.532 e. The van der Waals surface area contributed by atoms with E-state index in [9.17, 15) is 4.39 Å². The molecule has 3 aromatic carbocycles. The van der Waals surface area contributed by atoms with E-state index in [2.05, 4.69) is 127 Å². The molecule has 222 valence electrons. The maximum atomic E-state index is 14.3. The molecule has 1 aliphatic rings. The molecule has 2 nitrogen and oxygen atoms in total. The number of allylic oxidation sites excluding steroid dienone is 2. The summed E-state index contributed by atoms with van der Waals surface area (Å²) in [4.78, 5) is 2.37. The third-order valence-electron chi connectivity index (χ3n) is 8.56. The molecule has 0 spiro atoms. The molecule has 0 radical (unpaired) electrons. The Bertz CT molecular complexity index is 1360. The van der Waals surface area contributed by atoms with Gasteiger partial charge in [-0.15, -0.1) is 6.58 Å². The number of hydrogen-bond donors (Lipinski definition) is 0. The molecule has 4 heteroatoms. The summed E-state index contributed by atoms with van der Waals surface area (Å²) in [5, 5.41) is 2.27. The molecule has 1 heterocycles. The minimum absolute atomic E-state index is 0.0332. The molecule has 0 N–H and O–H groups in total. The second-order valence-electron chi connectivity index (χ2n) is 12.8. The van der Waals surface area contributed by atoms with Crippen LogP contribution in [0.25, 0.3) is 5.57 Å². The first-order valence-corrected chi connectivity index (χ1v) is 17.4. The summed E-state index contributed by atoms with van der Waals surface area (Å²) in [6.07, 6.45) is 6.37. The Kier molecular flexibility index (Phi) is 9.99. The number of benzene rings is 3. The van der Waals surface area contributed by atoms with Crippen molar-refractivity contribution in [2.45, 2.75) is 78.3 Å². The minimum atomic E-state index is -2.96. The van der Waals surface area contributed by atoms with Gasteiger partial charge in [0.05, 0.1) is 11.7 Å². The lowest BCUT2D eigenvalue weighted by Crippen LogP contribution is -2.66. The maximum Gasteiger partial charge on any atom is 0.320 e.